The first-order valence-corrected chi connectivity index (χ1v) is 7.30. The fourth-order valence-corrected chi connectivity index (χ4v) is 2.24. The second kappa shape index (κ2) is 7.15. The van der Waals surface area contributed by atoms with Crippen LogP contribution in [0.25, 0.3) is 11.5 Å². The fraction of sp³-hybridized carbons (Fsp3) is 0.400. The van der Waals surface area contributed by atoms with E-state index in [0.717, 1.165) is 31.9 Å². The summed E-state index contributed by atoms with van der Waals surface area (Å²) < 4.78 is 10.7. The Hall–Kier alpha value is -2.25. The van der Waals surface area contributed by atoms with Crippen molar-refractivity contribution in [1.29, 1.82) is 0 Å². The number of hydrogen-bond acceptors (Lipinski definition) is 6. The third-order valence-electron chi connectivity index (χ3n) is 3.45. The average Bonchev–Trinajstić information content (AvgIpc) is 3.03. The van der Waals surface area contributed by atoms with Crippen LogP contribution < -0.4 is 5.32 Å². The van der Waals surface area contributed by atoms with Gasteiger partial charge in [-0.05, 0) is 12.1 Å². The zero-order valence-electron chi connectivity index (χ0n) is 12.2. The van der Waals surface area contributed by atoms with Crippen LogP contribution in [-0.2, 0) is 9.53 Å². The molecule has 1 aromatic heterocycles. The molecule has 0 unspecified atom stereocenters. The van der Waals surface area contributed by atoms with Crippen molar-refractivity contribution in [2.75, 3.05) is 38.2 Å². The highest BCUT2D eigenvalue weighted by Gasteiger charge is 2.14. The van der Waals surface area contributed by atoms with E-state index in [-0.39, 0.29) is 11.9 Å². The standard InChI is InChI=1S/C15H18N4O3/c20-13(6-7-19-8-10-21-11-9-19)16-15-18-17-14(22-15)12-4-2-1-3-5-12/h1-5H,6-11H2,(H,16,18,20). The quantitative estimate of drug-likeness (QED) is 0.899. The zero-order chi connectivity index (χ0) is 15.2. The number of carbonyl (C=O) groups excluding carboxylic acids is 1. The predicted molar refractivity (Wildman–Crippen MR) is 80.2 cm³/mol. The molecule has 7 heteroatoms. The van der Waals surface area contributed by atoms with E-state index in [1.54, 1.807) is 0 Å². The van der Waals surface area contributed by atoms with Crippen molar-refractivity contribution in [1.82, 2.24) is 15.1 Å². The summed E-state index contributed by atoms with van der Waals surface area (Å²) in [4.78, 5) is 14.1. The minimum Gasteiger partial charge on any atom is -0.403 e. The molecule has 2 heterocycles. The molecule has 0 radical (unpaired) electrons. The van der Waals surface area contributed by atoms with Crippen molar-refractivity contribution >= 4 is 11.9 Å². The Morgan fingerprint density at radius 3 is 2.73 bits per heavy atom. The highest BCUT2D eigenvalue weighted by Crippen LogP contribution is 2.19. The third kappa shape index (κ3) is 3.90. The SMILES string of the molecule is O=C(CCN1CCOCC1)Nc1nnc(-c2ccccc2)o1. The molecule has 1 fully saturated rings. The van der Waals surface area contributed by atoms with Crippen LogP contribution in [0.4, 0.5) is 6.01 Å². The van der Waals surface area contributed by atoms with Gasteiger partial charge >= 0.3 is 6.01 Å². The van der Waals surface area contributed by atoms with Crippen LogP contribution in [0.5, 0.6) is 0 Å². The molecular formula is C15H18N4O3. The van der Waals surface area contributed by atoms with E-state index in [1.807, 2.05) is 30.3 Å². The molecule has 0 bridgehead atoms. The summed E-state index contributed by atoms with van der Waals surface area (Å²) in [6.45, 7) is 3.89. The van der Waals surface area contributed by atoms with Crippen LogP contribution in [-0.4, -0.2) is 53.9 Å². The molecule has 22 heavy (non-hydrogen) atoms. The number of carbonyl (C=O) groups is 1. The van der Waals surface area contributed by atoms with Gasteiger partial charge in [-0.2, -0.15) is 0 Å². The van der Waals surface area contributed by atoms with E-state index in [1.165, 1.54) is 0 Å². The van der Waals surface area contributed by atoms with Crippen molar-refractivity contribution in [2.24, 2.45) is 0 Å². The number of ether oxygens (including phenoxy) is 1. The average molecular weight is 302 g/mol. The van der Waals surface area contributed by atoms with E-state index in [2.05, 4.69) is 20.4 Å². The van der Waals surface area contributed by atoms with E-state index in [9.17, 15) is 4.79 Å². The molecule has 3 rings (SSSR count). The van der Waals surface area contributed by atoms with Gasteiger partial charge in [0.2, 0.25) is 11.8 Å². The van der Waals surface area contributed by atoms with Gasteiger partial charge in [-0.15, -0.1) is 5.10 Å². The van der Waals surface area contributed by atoms with Crippen molar-refractivity contribution in [3.05, 3.63) is 30.3 Å². The Balaban J connectivity index is 1.50. The zero-order valence-corrected chi connectivity index (χ0v) is 12.2. The number of aromatic nitrogens is 2. The van der Waals surface area contributed by atoms with Crippen LogP contribution in [0.1, 0.15) is 6.42 Å². The number of nitrogens with zero attached hydrogens (tertiary/aromatic N) is 3. The van der Waals surface area contributed by atoms with Gasteiger partial charge < -0.3 is 9.15 Å². The summed E-state index contributed by atoms with van der Waals surface area (Å²) >= 11 is 0. The van der Waals surface area contributed by atoms with Gasteiger partial charge in [0.15, 0.2) is 0 Å². The number of nitrogens with one attached hydrogen (secondary N) is 1. The monoisotopic (exact) mass is 302 g/mol. The summed E-state index contributed by atoms with van der Waals surface area (Å²) in [5.41, 5.74) is 0.823. The number of morpholine rings is 1. The highest BCUT2D eigenvalue weighted by atomic mass is 16.5. The maximum Gasteiger partial charge on any atom is 0.322 e. The Kier molecular flexibility index (Phi) is 4.77. The summed E-state index contributed by atoms with van der Waals surface area (Å²) in [5.74, 6) is 0.263. The maximum absolute atomic E-state index is 11.9. The Morgan fingerprint density at radius 1 is 1.18 bits per heavy atom. The van der Waals surface area contributed by atoms with Crippen LogP contribution >= 0.6 is 0 Å². The second-order valence-electron chi connectivity index (χ2n) is 5.03. The van der Waals surface area contributed by atoms with Crippen LogP contribution in [0, 0.1) is 0 Å². The van der Waals surface area contributed by atoms with E-state index in [4.69, 9.17) is 9.15 Å². The minimum atomic E-state index is -0.130. The molecule has 0 saturated carbocycles. The van der Waals surface area contributed by atoms with Gasteiger partial charge in [-0.3, -0.25) is 15.0 Å². The van der Waals surface area contributed by atoms with Gasteiger partial charge in [0, 0.05) is 31.6 Å². The van der Waals surface area contributed by atoms with Crippen LogP contribution in [0.2, 0.25) is 0 Å². The largest absolute Gasteiger partial charge is 0.403 e. The Labute approximate surface area is 128 Å². The molecule has 7 nitrogen and oxygen atoms in total. The van der Waals surface area contributed by atoms with Gasteiger partial charge in [0.05, 0.1) is 13.2 Å². The van der Waals surface area contributed by atoms with E-state index < -0.39 is 0 Å². The van der Waals surface area contributed by atoms with Crippen molar-refractivity contribution in [3.63, 3.8) is 0 Å². The molecule has 0 atom stereocenters. The predicted octanol–water partition coefficient (Wildman–Crippen LogP) is 1.40. The molecule has 1 amide bonds. The summed E-state index contributed by atoms with van der Waals surface area (Å²) in [7, 11) is 0. The number of anilines is 1. The lowest BCUT2D eigenvalue weighted by Gasteiger charge is -2.25. The molecule has 0 aliphatic carbocycles. The second-order valence-corrected chi connectivity index (χ2v) is 5.03. The Morgan fingerprint density at radius 2 is 1.95 bits per heavy atom. The summed E-state index contributed by atoms with van der Waals surface area (Å²) in [6.07, 6.45) is 0.392. The van der Waals surface area contributed by atoms with Crippen LogP contribution in [0.3, 0.4) is 0 Å². The first-order valence-electron chi connectivity index (χ1n) is 7.30. The Bertz CT molecular complexity index is 608. The highest BCUT2D eigenvalue weighted by molar-refractivity contribution is 5.88. The summed E-state index contributed by atoms with van der Waals surface area (Å²) in [5, 5.41) is 10.4. The lowest BCUT2D eigenvalue weighted by Crippen LogP contribution is -2.38. The molecule has 1 aliphatic heterocycles. The first-order chi connectivity index (χ1) is 10.8. The fourth-order valence-electron chi connectivity index (χ4n) is 2.24. The van der Waals surface area contributed by atoms with Crippen molar-refractivity contribution in [3.8, 4) is 11.5 Å². The third-order valence-corrected chi connectivity index (χ3v) is 3.45. The molecule has 1 aromatic carbocycles. The number of hydrogen-bond donors (Lipinski definition) is 1. The molecule has 2 aromatic rings. The summed E-state index contributed by atoms with van der Waals surface area (Å²) in [6, 6.07) is 9.56. The smallest absolute Gasteiger partial charge is 0.322 e. The lowest BCUT2D eigenvalue weighted by atomic mass is 10.2. The van der Waals surface area contributed by atoms with E-state index >= 15 is 0 Å². The molecular weight excluding hydrogens is 284 g/mol. The molecule has 1 saturated heterocycles. The normalized spacial score (nSPS) is 15.6. The van der Waals surface area contributed by atoms with Crippen molar-refractivity contribution < 1.29 is 13.9 Å². The van der Waals surface area contributed by atoms with E-state index in [0.29, 0.717) is 18.9 Å². The van der Waals surface area contributed by atoms with Crippen molar-refractivity contribution in [2.45, 2.75) is 6.42 Å². The topological polar surface area (TPSA) is 80.5 Å². The number of amides is 1. The molecule has 116 valence electrons. The molecule has 1 aliphatic rings. The van der Waals surface area contributed by atoms with Gasteiger partial charge in [-0.1, -0.05) is 23.3 Å². The molecule has 1 N–H and O–H groups in total. The van der Waals surface area contributed by atoms with Crippen LogP contribution in [0.15, 0.2) is 34.7 Å². The molecule has 0 spiro atoms. The van der Waals surface area contributed by atoms with Gasteiger partial charge in [0.1, 0.15) is 0 Å². The lowest BCUT2D eigenvalue weighted by molar-refractivity contribution is -0.116. The number of benzene rings is 1. The van der Waals surface area contributed by atoms with Gasteiger partial charge in [0.25, 0.3) is 0 Å². The first kappa shape index (κ1) is 14.7. The minimum absolute atomic E-state index is 0.130. The maximum atomic E-state index is 11.9. The van der Waals surface area contributed by atoms with Gasteiger partial charge in [-0.25, -0.2) is 0 Å². The number of rotatable bonds is 5.